The van der Waals surface area contributed by atoms with E-state index in [0.717, 1.165) is 6.07 Å². The van der Waals surface area contributed by atoms with Crippen molar-refractivity contribution in [2.24, 2.45) is 5.14 Å². The summed E-state index contributed by atoms with van der Waals surface area (Å²) in [6.45, 7) is 5.08. The second-order valence-electron chi connectivity index (χ2n) is 11.3. The molecule has 13 nitrogen and oxygen atoms in total. The molecule has 0 spiro atoms. The highest BCUT2D eigenvalue weighted by Gasteiger charge is 2.27. The third kappa shape index (κ3) is 12.3. The summed E-state index contributed by atoms with van der Waals surface area (Å²) in [7, 11) is -4.24. The van der Waals surface area contributed by atoms with Crippen LogP contribution in [0, 0.1) is 0 Å². The van der Waals surface area contributed by atoms with Gasteiger partial charge in [-0.15, -0.1) is 0 Å². The van der Waals surface area contributed by atoms with E-state index in [0.29, 0.717) is 16.3 Å². The van der Waals surface area contributed by atoms with Gasteiger partial charge in [0, 0.05) is 22.5 Å². The number of rotatable bonds is 18. The summed E-state index contributed by atoms with van der Waals surface area (Å²) in [6, 6.07) is 11.7. The van der Waals surface area contributed by atoms with Gasteiger partial charge in [0.15, 0.2) is 5.78 Å². The van der Waals surface area contributed by atoms with Crippen LogP contribution in [-0.4, -0.2) is 63.5 Å². The number of anilines is 1. The van der Waals surface area contributed by atoms with Crippen molar-refractivity contribution < 1.29 is 46.2 Å². The summed E-state index contributed by atoms with van der Waals surface area (Å²) in [5.41, 5.74) is -0.238. The highest BCUT2D eigenvalue weighted by molar-refractivity contribution is 7.89. The number of nitrogens with one attached hydrogen (secondary N) is 2. The molecule has 4 N–H and O–H groups in total. The van der Waals surface area contributed by atoms with Crippen LogP contribution >= 0.6 is 23.2 Å². The zero-order valence-corrected chi connectivity index (χ0v) is 28.9. The van der Waals surface area contributed by atoms with E-state index in [2.05, 4.69) is 10.6 Å². The number of hydrogen-bond acceptors (Lipinski definition) is 12. The first-order valence-corrected chi connectivity index (χ1v) is 17.0. The van der Waals surface area contributed by atoms with Crippen LogP contribution in [0.4, 0.5) is 5.69 Å². The van der Waals surface area contributed by atoms with Gasteiger partial charge in [-0.3, -0.25) is 19.7 Å². The maximum atomic E-state index is 12.8. The van der Waals surface area contributed by atoms with Crippen molar-refractivity contribution in [1.29, 1.82) is 0 Å². The fourth-order valence-electron chi connectivity index (χ4n) is 4.36. The molecule has 3 rings (SSSR count). The molecule has 1 unspecified atom stereocenters. The molecule has 0 fully saturated rings. The number of Topliss-reactive ketones (excluding diaryl/α,β-unsaturated/α-hetero) is 1. The maximum Gasteiger partial charge on any atom is 0.340 e. The van der Waals surface area contributed by atoms with Crippen molar-refractivity contribution in [3.05, 3.63) is 81.7 Å². The van der Waals surface area contributed by atoms with Gasteiger partial charge in [0.05, 0.1) is 61.2 Å². The Labute approximate surface area is 288 Å². The molecule has 48 heavy (non-hydrogen) atoms. The first-order chi connectivity index (χ1) is 22.6. The number of benzene rings is 2. The van der Waals surface area contributed by atoms with Crippen molar-refractivity contribution in [1.82, 2.24) is 5.32 Å². The van der Waals surface area contributed by atoms with Crippen LogP contribution in [-0.2, 0) is 40.4 Å². The van der Waals surface area contributed by atoms with E-state index in [1.54, 1.807) is 57.2 Å². The van der Waals surface area contributed by atoms with Gasteiger partial charge < -0.3 is 23.9 Å². The minimum absolute atomic E-state index is 0.0498. The molecular formula is C32H37Cl2N3O10S. The van der Waals surface area contributed by atoms with E-state index in [9.17, 15) is 27.6 Å². The molecule has 0 aliphatic rings. The number of carbonyl (C=O) groups excluding carboxylic acids is 4. The Morgan fingerprint density at radius 2 is 1.65 bits per heavy atom. The largest absolute Gasteiger partial charge is 0.467 e. The lowest BCUT2D eigenvalue weighted by Crippen LogP contribution is -2.51. The summed E-state index contributed by atoms with van der Waals surface area (Å²) >= 11 is 12.1. The summed E-state index contributed by atoms with van der Waals surface area (Å²) in [6.07, 6.45) is 1.14. The van der Waals surface area contributed by atoms with Gasteiger partial charge in [-0.2, -0.15) is 0 Å². The molecule has 16 heteroatoms. The SMILES string of the molecule is CC(NC(C)(C)COC(=O)CCC(=O)OCCCOC(=O)c1cc(S(N)(=O)=O)c(Cl)cc1NCc1ccco1)C(=O)c1cccc(Cl)c1. The molecule has 2 aromatic carbocycles. The van der Waals surface area contributed by atoms with Gasteiger partial charge in [-0.25, -0.2) is 18.4 Å². The normalized spacial score (nSPS) is 12.2. The Hall–Kier alpha value is -3.95. The zero-order valence-electron chi connectivity index (χ0n) is 26.5. The molecule has 260 valence electrons. The van der Waals surface area contributed by atoms with Crippen LogP contribution in [0.1, 0.15) is 66.5 Å². The Kier molecular flexibility index (Phi) is 14.0. The van der Waals surface area contributed by atoms with Crippen LogP contribution in [0.25, 0.3) is 0 Å². The van der Waals surface area contributed by atoms with Crippen LogP contribution in [0.15, 0.2) is 64.1 Å². The van der Waals surface area contributed by atoms with E-state index in [4.69, 9.17) is 47.0 Å². The van der Waals surface area contributed by atoms with Gasteiger partial charge >= 0.3 is 17.9 Å². The number of furan rings is 1. The van der Waals surface area contributed by atoms with Crippen molar-refractivity contribution in [3.8, 4) is 0 Å². The zero-order chi connectivity index (χ0) is 35.5. The average Bonchev–Trinajstić information content (AvgIpc) is 3.54. The topological polar surface area (TPSA) is 193 Å². The van der Waals surface area contributed by atoms with Gasteiger partial charge in [0.1, 0.15) is 17.3 Å². The lowest BCUT2D eigenvalue weighted by Gasteiger charge is -2.29. The highest BCUT2D eigenvalue weighted by Crippen LogP contribution is 2.29. The predicted octanol–water partition coefficient (Wildman–Crippen LogP) is 4.90. The lowest BCUT2D eigenvalue weighted by molar-refractivity contribution is -0.151. The number of esters is 3. The molecule has 0 amide bonds. The molecule has 0 bridgehead atoms. The average molecular weight is 727 g/mol. The summed E-state index contributed by atoms with van der Waals surface area (Å²) in [5.74, 6) is -1.77. The second-order valence-corrected chi connectivity index (χ2v) is 13.7. The molecule has 3 aromatic rings. The molecule has 0 aliphatic heterocycles. The van der Waals surface area contributed by atoms with E-state index in [1.165, 1.54) is 12.3 Å². The highest BCUT2D eigenvalue weighted by atomic mass is 35.5. The van der Waals surface area contributed by atoms with E-state index < -0.39 is 44.4 Å². The minimum atomic E-state index is -4.24. The summed E-state index contributed by atoms with van der Waals surface area (Å²) in [5, 5.41) is 11.6. The number of sulfonamides is 1. The fourth-order valence-corrected chi connectivity index (χ4v) is 5.65. The van der Waals surface area contributed by atoms with E-state index >= 15 is 0 Å². The fraction of sp³-hybridized carbons (Fsp3) is 0.375. The molecule has 0 saturated carbocycles. The monoisotopic (exact) mass is 725 g/mol. The molecule has 1 aromatic heterocycles. The summed E-state index contributed by atoms with van der Waals surface area (Å²) < 4.78 is 44.8. The number of primary sulfonamides is 1. The number of hydrogen-bond donors (Lipinski definition) is 3. The predicted molar refractivity (Wildman–Crippen MR) is 177 cm³/mol. The quantitative estimate of drug-likeness (QED) is 0.0696. The first-order valence-electron chi connectivity index (χ1n) is 14.7. The number of carbonyl (C=O) groups is 4. The molecule has 0 saturated heterocycles. The standard InChI is InChI=1S/C32H37Cl2N3O10S/c1-20(30(40)21-7-4-8-22(33)15-21)37-32(2,3)19-47-29(39)11-10-28(38)45-13-6-14-46-31(41)24-16-27(48(35,42)43)25(34)17-26(24)36-18-23-9-5-12-44-23/h4-5,7-9,12,15-17,20,36-37H,6,10-11,13-14,18-19H2,1-3H3,(H2,35,42,43). The minimum Gasteiger partial charge on any atom is -0.467 e. The van der Waals surface area contributed by atoms with Crippen molar-refractivity contribution >= 4 is 62.6 Å². The number of ether oxygens (including phenoxy) is 3. The number of ketones is 1. The van der Waals surface area contributed by atoms with Crippen molar-refractivity contribution in [2.45, 2.75) is 63.1 Å². The molecule has 1 heterocycles. The molecule has 0 aliphatic carbocycles. The second kappa shape index (κ2) is 17.4. The Morgan fingerprint density at radius 3 is 2.29 bits per heavy atom. The van der Waals surface area contributed by atoms with Crippen LogP contribution in [0.2, 0.25) is 10.0 Å². The molecular weight excluding hydrogens is 689 g/mol. The van der Waals surface area contributed by atoms with Crippen molar-refractivity contribution in [3.63, 3.8) is 0 Å². The number of halogens is 2. The molecule has 0 radical (unpaired) electrons. The Bertz CT molecular complexity index is 1710. The van der Waals surface area contributed by atoms with Crippen molar-refractivity contribution in [2.75, 3.05) is 25.1 Å². The van der Waals surface area contributed by atoms with Gasteiger partial charge in [0.25, 0.3) is 0 Å². The van der Waals surface area contributed by atoms with Crippen LogP contribution in [0.3, 0.4) is 0 Å². The Morgan fingerprint density at radius 1 is 0.958 bits per heavy atom. The van der Waals surface area contributed by atoms with Gasteiger partial charge in [-0.05, 0) is 57.2 Å². The van der Waals surface area contributed by atoms with Crippen LogP contribution in [0.5, 0.6) is 0 Å². The summed E-state index contributed by atoms with van der Waals surface area (Å²) in [4.78, 5) is 49.5. The number of nitrogens with two attached hydrogens (primary N) is 1. The lowest BCUT2D eigenvalue weighted by atomic mass is 10.0. The Balaban J connectivity index is 1.39. The smallest absolute Gasteiger partial charge is 0.340 e. The van der Waals surface area contributed by atoms with Gasteiger partial charge in [-0.1, -0.05) is 35.3 Å². The molecule has 1 atom stereocenters. The van der Waals surface area contributed by atoms with E-state index in [1.807, 2.05) is 0 Å². The van der Waals surface area contributed by atoms with Crippen LogP contribution < -0.4 is 15.8 Å². The third-order valence-corrected chi connectivity index (χ3v) is 8.26. The van der Waals surface area contributed by atoms with E-state index in [-0.39, 0.29) is 67.7 Å². The third-order valence-electron chi connectivity index (χ3n) is 6.65. The maximum absolute atomic E-state index is 12.8. The first kappa shape index (κ1) is 38.5. The van der Waals surface area contributed by atoms with Gasteiger partial charge in [0.2, 0.25) is 10.0 Å².